The van der Waals surface area contributed by atoms with Gasteiger partial charge in [-0.05, 0) is 81.2 Å². The highest BCUT2D eigenvalue weighted by Crippen LogP contribution is 2.38. The standard InChI is InChI=1S/C26H25F3N6O2S/c1-25(2)23(37)35(21-11-8-18(14-30)22(13-21)26(27,28)29)24(38)33(25)15-17-6-9-20(10-7-17)34-16-19(31-32-34)5-3-4-12-36/h6-11,13,16,36H,3-5,12,15H2,1-2H3. The van der Waals surface area contributed by atoms with Gasteiger partial charge < -0.3 is 10.0 Å². The van der Waals surface area contributed by atoms with Crippen LogP contribution in [-0.4, -0.2) is 48.2 Å². The first-order valence-electron chi connectivity index (χ1n) is 11.9. The average Bonchev–Trinajstić information content (AvgIpc) is 3.41. The number of hydrogen-bond acceptors (Lipinski definition) is 6. The van der Waals surface area contributed by atoms with Gasteiger partial charge in [-0.1, -0.05) is 17.3 Å². The van der Waals surface area contributed by atoms with Crippen molar-refractivity contribution in [3.05, 3.63) is 71.0 Å². The van der Waals surface area contributed by atoms with Crippen molar-refractivity contribution in [3.8, 4) is 11.8 Å². The molecule has 1 aliphatic rings. The normalized spacial score (nSPS) is 15.3. The van der Waals surface area contributed by atoms with Gasteiger partial charge in [-0.25, -0.2) is 4.68 Å². The average molecular weight is 543 g/mol. The maximum absolute atomic E-state index is 13.5. The number of anilines is 1. The number of hydrogen-bond donors (Lipinski definition) is 1. The van der Waals surface area contributed by atoms with Crippen LogP contribution in [0.1, 0.15) is 49.1 Å². The number of rotatable bonds is 8. The highest BCUT2D eigenvalue weighted by molar-refractivity contribution is 7.80. The summed E-state index contributed by atoms with van der Waals surface area (Å²) >= 11 is 5.56. The summed E-state index contributed by atoms with van der Waals surface area (Å²) in [5.41, 5.74) is -0.368. The van der Waals surface area contributed by atoms with E-state index in [1.807, 2.05) is 30.5 Å². The number of carbonyl (C=O) groups excluding carboxylic acids is 1. The molecule has 8 nitrogen and oxygen atoms in total. The number of aryl methyl sites for hydroxylation is 1. The van der Waals surface area contributed by atoms with Gasteiger partial charge in [-0.2, -0.15) is 18.4 Å². The van der Waals surface area contributed by atoms with Crippen LogP contribution in [0.2, 0.25) is 0 Å². The molecule has 198 valence electrons. The number of carbonyl (C=O) groups is 1. The Balaban J connectivity index is 1.54. The van der Waals surface area contributed by atoms with Gasteiger partial charge >= 0.3 is 6.18 Å². The zero-order valence-corrected chi connectivity index (χ0v) is 21.6. The second-order valence-electron chi connectivity index (χ2n) is 9.41. The third-order valence-corrected chi connectivity index (χ3v) is 6.84. The van der Waals surface area contributed by atoms with Crippen LogP contribution >= 0.6 is 12.2 Å². The molecule has 1 amide bonds. The van der Waals surface area contributed by atoms with Gasteiger partial charge in [-0.15, -0.1) is 5.10 Å². The lowest BCUT2D eigenvalue weighted by molar-refractivity contribution is -0.137. The summed E-state index contributed by atoms with van der Waals surface area (Å²) in [6.45, 7) is 3.72. The van der Waals surface area contributed by atoms with E-state index in [4.69, 9.17) is 22.6 Å². The second-order valence-corrected chi connectivity index (χ2v) is 9.77. The predicted molar refractivity (Wildman–Crippen MR) is 137 cm³/mol. The first-order chi connectivity index (χ1) is 18.0. The minimum Gasteiger partial charge on any atom is -0.396 e. The van der Waals surface area contributed by atoms with Crippen LogP contribution in [0.4, 0.5) is 18.9 Å². The van der Waals surface area contributed by atoms with Gasteiger partial charge in [0.25, 0.3) is 5.91 Å². The molecule has 1 fully saturated rings. The lowest BCUT2D eigenvalue weighted by Crippen LogP contribution is -2.43. The zero-order chi connectivity index (χ0) is 27.7. The molecule has 2 heterocycles. The van der Waals surface area contributed by atoms with Crippen LogP contribution in [0.25, 0.3) is 5.69 Å². The summed E-state index contributed by atoms with van der Waals surface area (Å²) < 4.78 is 42.2. The summed E-state index contributed by atoms with van der Waals surface area (Å²) in [5, 5.41) is 26.4. The number of unbranched alkanes of at least 4 members (excludes halogenated alkanes) is 1. The van der Waals surface area contributed by atoms with Gasteiger partial charge in [0.1, 0.15) is 5.54 Å². The van der Waals surface area contributed by atoms with Crippen molar-refractivity contribution < 1.29 is 23.1 Å². The number of aliphatic hydroxyl groups excluding tert-OH is 1. The van der Waals surface area contributed by atoms with Crippen LogP contribution in [0.5, 0.6) is 0 Å². The molecule has 0 unspecified atom stereocenters. The van der Waals surface area contributed by atoms with E-state index in [0.29, 0.717) is 12.8 Å². The summed E-state index contributed by atoms with van der Waals surface area (Å²) in [5.74, 6) is -0.465. The Morgan fingerprint density at radius 3 is 2.42 bits per heavy atom. The Bertz CT molecular complexity index is 1400. The molecular weight excluding hydrogens is 517 g/mol. The number of benzene rings is 2. The molecule has 0 aliphatic carbocycles. The monoisotopic (exact) mass is 542 g/mol. The topological polar surface area (TPSA) is 98.3 Å². The Labute approximate surface area is 222 Å². The Kier molecular flexibility index (Phi) is 7.53. The number of amides is 1. The van der Waals surface area contributed by atoms with Crippen LogP contribution in [0.3, 0.4) is 0 Å². The molecule has 1 saturated heterocycles. The molecule has 0 spiro atoms. The molecule has 1 N–H and O–H groups in total. The maximum atomic E-state index is 13.5. The first-order valence-corrected chi connectivity index (χ1v) is 12.3. The minimum absolute atomic E-state index is 0.0433. The van der Waals surface area contributed by atoms with Crippen LogP contribution in [-0.2, 0) is 23.9 Å². The number of aliphatic hydroxyl groups is 1. The Morgan fingerprint density at radius 2 is 1.79 bits per heavy atom. The van der Waals surface area contributed by atoms with E-state index >= 15 is 0 Å². The van der Waals surface area contributed by atoms with E-state index < -0.39 is 28.7 Å². The molecule has 1 aromatic heterocycles. The number of halogens is 3. The third-order valence-electron chi connectivity index (χ3n) is 6.43. The fourth-order valence-corrected chi connectivity index (χ4v) is 4.71. The molecule has 12 heteroatoms. The van der Waals surface area contributed by atoms with E-state index in [2.05, 4.69) is 10.3 Å². The van der Waals surface area contributed by atoms with Crippen molar-refractivity contribution in [2.75, 3.05) is 11.5 Å². The number of aromatic nitrogens is 3. The third kappa shape index (κ3) is 5.25. The van der Waals surface area contributed by atoms with Gasteiger partial charge in [0.05, 0.1) is 40.5 Å². The first kappa shape index (κ1) is 27.2. The molecule has 0 bridgehead atoms. The molecule has 2 aromatic carbocycles. The van der Waals surface area contributed by atoms with Crippen molar-refractivity contribution in [3.63, 3.8) is 0 Å². The van der Waals surface area contributed by atoms with Crippen molar-refractivity contribution in [2.24, 2.45) is 0 Å². The molecule has 38 heavy (non-hydrogen) atoms. The fourth-order valence-electron chi connectivity index (χ4n) is 4.23. The Morgan fingerprint density at radius 1 is 1.11 bits per heavy atom. The number of thiocarbonyl (C=S) groups is 1. The molecule has 0 radical (unpaired) electrons. The molecule has 4 rings (SSSR count). The maximum Gasteiger partial charge on any atom is 0.417 e. The van der Waals surface area contributed by atoms with Gasteiger partial charge in [-0.3, -0.25) is 9.69 Å². The van der Waals surface area contributed by atoms with E-state index in [1.54, 1.807) is 29.5 Å². The van der Waals surface area contributed by atoms with E-state index in [-0.39, 0.29) is 24.0 Å². The van der Waals surface area contributed by atoms with Crippen LogP contribution in [0.15, 0.2) is 48.7 Å². The van der Waals surface area contributed by atoms with Crippen molar-refractivity contribution >= 4 is 28.9 Å². The van der Waals surface area contributed by atoms with Crippen molar-refractivity contribution in [1.29, 1.82) is 5.26 Å². The largest absolute Gasteiger partial charge is 0.417 e. The van der Waals surface area contributed by atoms with Crippen molar-refractivity contribution in [2.45, 2.75) is 51.4 Å². The van der Waals surface area contributed by atoms with Crippen LogP contribution in [0, 0.1) is 11.3 Å². The zero-order valence-electron chi connectivity index (χ0n) is 20.7. The lowest BCUT2D eigenvalue weighted by Gasteiger charge is -2.29. The van der Waals surface area contributed by atoms with Crippen molar-refractivity contribution in [1.82, 2.24) is 19.9 Å². The minimum atomic E-state index is -4.76. The second kappa shape index (κ2) is 10.5. The number of nitriles is 1. The quantitative estimate of drug-likeness (QED) is 0.333. The summed E-state index contributed by atoms with van der Waals surface area (Å²) in [6.07, 6.45) is -0.699. The van der Waals surface area contributed by atoms with Crippen LogP contribution < -0.4 is 4.90 Å². The van der Waals surface area contributed by atoms with Gasteiger partial charge in [0.2, 0.25) is 0 Å². The smallest absolute Gasteiger partial charge is 0.396 e. The Hall–Kier alpha value is -3.82. The number of nitrogens with zero attached hydrogens (tertiary/aromatic N) is 6. The molecular formula is C26H25F3N6O2S. The molecule has 1 aliphatic heterocycles. The summed E-state index contributed by atoms with van der Waals surface area (Å²) in [6, 6.07) is 12.1. The molecule has 0 saturated carbocycles. The van der Waals surface area contributed by atoms with Gasteiger partial charge in [0.15, 0.2) is 5.11 Å². The summed E-state index contributed by atoms with van der Waals surface area (Å²) in [4.78, 5) is 16.1. The fraction of sp³-hybridized carbons (Fsp3) is 0.346. The van der Waals surface area contributed by atoms with E-state index in [1.165, 1.54) is 6.07 Å². The lowest BCUT2D eigenvalue weighted by atomic mass is 10.0. The highest BCUT2D eigenvalue weighted by atomic mass is 32.1. The summed E-state index contributed by atoms with van der Waals surface area (Å²) in [7, 11) is 0. The molecule has 3 aromatic rings. The number of alkyl halides is 3. The SMILES string of the molecule is CC1(C)C(=O)N(c2ccc(C#N)c(C(F)(F)F)c2)C(=S)N1Cc1ccc(-n2cc(CCCCO)nn2)cc1. The van der Waals surface area contributed by atoms with E-state index in [0.717, 1.165) is 40.4 Å². The molecule has 0 atom stereocenters. The van der Waals surface area contributed by atoms with Gasteiger partial charge in [0, 0.05) is 13.2 Å². The predicted octanol–water partition coefficient (Wildman–Crippen LogP) is 4.39. The highest BCUT2D eigenvalue weighted by Gasteiger charge is 2.49. The van der Waals surface area contributed by atoms with E-state index in [9.17, 15) is 18.0 Å².